The molecule has 1 aliphatic heterocycles. The number of unbranched alkanes of at least 4 members (excludes halogenated alkanes) is 1. The van der Waals surface area contributed by atoms with Crippen LogP contribution < -0.4 is 9.64 Å². The summed E-state index contributed by atoms with van der Waals surface area (Å²) in [4.78, 5) is 16.0. The first-order valence-electron chi connectivity index (χ1n) is 17.9. The van der Waals surface area contributed by atoms with Crippen LogP contribution in [-0.2, 0) is 27.8 Å². The molecule has 0 aliphatic carbocycles. The summed E-state index contributed by atoms with van der Waals surface area (Å²) in [6.07, 6.45) is 9.03. The normalized spacial score (nSPS) is 15.0. The molecule has 2 N–H and O–H groups in total. The SMILES string of the molecule is CCCCOCCOc1ccc(-c2ccc3c(c2)/C=C(/c2nc4ccc([S@](=O)Cc5c(C)ncn5CCC)cc4[nH]2)CCCN3CCO)cc1. The van der Waals surface area contributed by atoms with Crippen molar-refractivity contribution in [3.8, 4) is 16.9 Å². The van der Waals surface area contributed by atoms with Gasteiger partial charge in [-0.1, -0.05) is 38.5 Å². The van der Waals surface area contributed by atoms with E-state index in [9.17, 15) is 9.32 Å². The van der Waals surface area contributed by atoms with E-state index in [2.05, 4.69) is 69.7 Å². The minimum absolute atomic E-state index is 0.0939. The highest BCUT2D eigenvalue weighted by Crippen LogP contribution is 2.35. The second-order valence-corrected chi connectivity index (χ2v) is 14.3. The first kappa shape index (κ1) is 35.6. The number of allylic oxidation sites excluding steroid dienone is 1. The number of anilines is 1. The molecule has 9 nitrogen and oxygen atoms in total. The maximum atomic E-state index is 13.5. The fourth-order valence-corrected chi connectivity index (χ4v) is 7.71. The number of aliphatic hydroxyl groups excluding tert-OH is 1. The minimum Gasteiger partial charge on any atom is -0.491 e. The minimum atomic E-state index is -1.22. The molecule has 0 unspecified atom stereocenters. The van der Waals surface area contributed by atoms with Crippen molar-refractivity contribution < 1.29 is 18.8 Å². The van der Waals surface area contributed by atoms with Crippen LogP contribution in [0, 0.1) is 6.92 Å². The Kier molecular flexibility index (Phi) is 12.2. The van der Waals surface area contributed by atoms with Gasteiger partial charge < -0.3 is 29.0 Å². The number of aromatic amines is 1. The number of H-pyrrole nitrogens is 1. The zero-order valence-electron chi connectivity index (χ0n) is 29.5. The molecule has 0 saturated carbocycles. The number of rotatable bonds is 16. The predicted molar refractivity (Wildman–Crippen MR) is 203 cm³/mol. The van der Waals surface area contributed by atoms with Crippen LogP contribution in [0.2, 0.25) is 0 Å². The van der Waals surface area contributed by atoms with Gasteiger partial charge in [-0.25, -0.2) is 9.97 Å². The van der Waals surface area contributed by atoms with Crippen LogP contribution in [0.1, 0.15) is 68.7 Å². The summed E-state index contributed by atoms with van der Waals surface area (Å²) in [5, 5.41) is 9.86. The van der Waals surface area contributed by atoms with Gasteiger partial charge in [0.25, 0.3) is 0 Å². The van der Waals surface area contributed by atoms with Crippen LogP contribution in [0.5, 0.6) is 5.75 Å². The van der Waals surface area contributed by atoms with E-state index in [0.717, 1.165) is 119 Å². The predicted octanol–water partition coefficient (Wildman–Crippen LogP) is 7.78. The third-order valence-corrected chi connectivity index (χ3v) is 10.5. The van der Waals surface area contributed by atoms with E-state index in [4.69, 9.17) is 14.5 Å². The number of nitrogens with zero attached hydrogens (tertiary/aromatic N) is 4. The number of fused-ring (bicyclic) bond motifs is 2. The number of aliphatic hydroxyl groups is 1. The Labute approximate surface area is 297 Å². The maximum Gasteiger partial charge on any atom is 0.134 e. The number of β-amino-alcohol motifs (C(OH)–C–C–N with tert-alkyl or cyclic N) is 1. The number of hydrogen-bond acceptors (Lipinski definition) is 7. The van der Waals surface area contributed by atoms with Gasteiger partial charge in [0.15, 0.2) is 0 Å². The van der Waals surface area contributed by atoms with E-state index >= 15 is 0 Å². The van der Waals surface area contributed by atoms with Gasteiger partial charge in [-0.3, -0.25) is 4.21 Å². The van der Waals surface area contributed by atoms with E-state index in [1.54, 1.807) is 0 Å². The Hall–Kier alpha value is -4.25. The molecule has 0 radical (unpaired) electrons. The number of ether oxygens (including phenoxy) is 2. The van der Waals surface area contributed by atoms with E-state index in [1.807, 2.05) is 43.6 Å². The molecule has 6 rings (SSSR count). The Morgan fingerprint density at radius 1 is 0.960 bits per heavy atom. The van der Waals surface area contributed by atoms with Gasteiger partial charge in [0.1, 0.15) is 18.2 Å². The monoisotopic (exact) mass is 695 g/mol. The number of hydrogen-bond donors (Lipinski definition) is 2. The van der Waals surface area contributed by atoms with Crippen molar-refractivity contribution in [3.05, 3.63) is 89.8 Å². The van der Waals surface area contributed by atoms with E-state index < -0.39 is 10.8 Å². The van der Waals surface area contributed by atoms with E-state index in [-0.39, 0.29) is 6.61 Å². The molecule has 50 heavy (non-hydrogen) atoms. The van der Waals surface area contributed by atoms with Crippen molar-refractivity contribution in [2.24, 2.45) is 0 Å². The smallest absolute Gasteiger partial charge is 0.134 e. The van der Waals surface area contributed by atoms with Crippen LogP contribution in [0.15, 0.2) is 71.9 Å². The van der Waals surface area contributed by atoms with Crippen molar-refractivity contribution >= 4 is 39.2 Å². The van der Waals surface area contributed by atoms with Gasteiger partial charge in [0, 0.05) is 36.8 Å². The molecule has 1 aliphatic rings. The highest BCUT2D eigenvalue weighted by Gasteiger charge is 2.19. The second-order valence-electron chi connectivity index (χ2n) is 12.8. The third kappa shape index (κ3) is 8.54. The summed E-state index contributed by atoms with van der Waals surface area (Å²) in [5.41, 5.74) is 9.17. The lowest BCUT2D eigenvalue weighted by atomic mass is 9.96. The fraction of sp³-hybridized carbons (Fsp3) is 0.400. The number of nitrogens with one attached hydrogen (secondary N) is 1. The number of aromatic nitrogens is 4. The van der Waals surface area contributed by atoms with Gasteiger partial charge in [-0.15, -0.1) is 0 Å². The highest BCUT2D eigenvalue weighted by molar-refractivity contribution is 7.84. The van der Waals surface area contributed by atoms with Gasteiger partial charge in [-0.05, 0) is 103 Å². The molecule has 2 aromatic heterocycles. The van der Waals surface area contributed by atoms with Crippen molar-refractivity contribution in [2.45, 2.75) is 70.1 Å². The zero-order valence-corrected chi connectivity index (χ0v) is 30.3. The van der Waals surface area contributed by atoms with Gasteiger partial charge in [-0.2, -0.15) is 0 Å². The molecule has 264 valence electrons. The molecular weight excluding hydrogens is 647 g/mol. The fourth-order valence-electron chi connectivity index (χ4n) is 6.45. The number of imidazole rings is 2. The Bertz CT molecular complexity index is 1930. The molecule has 0 saturated heterocycles. The molecule has 0 fully saturated rings. The number of benzene rings is 3. The Morgan fingerprint density at radius 3 is 2.60 bits per heavy atom. The van der Waals surface area contributed by atoms with Crippen molar-refractivity contribution in [2.75, 3.05) is 44.4 Å². The van der Waals surface area contributed by atoms with Crippen LogP contribution in [-0.4, -0.2) is 68.4 Å². The Balaban J connectivity index is 1.24. The molecule has 10 heteroatoms. The average molecular weight is 696 g/mol. The molecule has 1 atom stereocenters. The summed E-state index contributed by atoms with van der Waals surface area (Å²) in [7, 11) is -1.22. The standard InChI is InChI=1S/C40H49N5O4S/c1-4-6-21-48-22-23-49-34-12-9-30(10-13-34)31-11-16-38-33(24-31)25-32(8-7-18-44(38)19-20-46)40-42-36-15-14-35(26-37(36)43-40)50(47)27-39-29(3)41-28-45(39)17-5-2/h9-16,24-26,28,46H,4-8,17-23,27H2,1-3H3,(H,42,43)/b32-25+/t50-/m1/s1. The molecule has 0 spiro atoms. The summed E-state index contributed by atoms with van der Waals surface area (Å²) < 4.78 is 27.2. The summed E-state index contributed by atoms with van der Waals surface area (Å²) in [5.74, 6) is 2.08. The van der Waals surface area contributed by atoms with Crippen LogP contribution >= 0.6 is 0 Å². The molecule has 0 amide bonds. The molecule has 0 bridgehead atoms. The van der Waals surface area contributed by atoms with Gasteiger partial charge >= 0.3 is 0 Å². The van der Waals surface area contributed by atoms with E-state index in [1.165, 1.54) is 0 Å². The lowest BCUT2D eigenvalue weighted by Crippen LogP contribution is -2.29. The third-order valence-electron chi connectivity index (χ3n) is 9.18. The molecule has 5 aromatic rings. The quantitative estimate of drug-likeness (QED) is 0.102. The summed E-state index contributed by atoms with van der Waals surface area (Å²) >= 11 is 0. The molecule has 3 heterocycles. The first-order valence-corrected chi connectivity index (χ1v) is 19.2. The Morgan fingerprint density at radius 2 is 1.80 bits per heavy atom. The lowest BCUT2D eigenvalue weighted by Gasteiger charge is -2.28. The summed E-state index contributed by atoms with van der Waals surface area (Å²) in [6, 6.07) is 20.6. The van der Waals surface area contributed by atoms with Crippen molar-refractivity contribution in [3.63, 3.8) is 0 Å². The maximum absolute atomic E-state index is 13.5. The lowest BCUT2D eigenvalue weighted by molar-refractivity contribution is 0.0981. The van der Waals surface area contributed by atoms with Crippen LogP contribution in [0.4, 0.5) is 5.69 Å². The topological polar surface area (TPSA) is 106 Å². The molecule has 3 aromatic carbocycles. The van der Waals surface area contributed by atoms with Gasteiger partial charge in [0.05, 0.1) is 58.5 Å². The van der Waals surface area contributed by atoms with Crippen LogP contribution in [0.3, 0.4) is 0 Å². The highest BCUT2D eigenvalue weighted by atomic mass is 32.2. The zero-order chi connectivity index (χ0) is 34.9. The van der Waals surface area contributed by atoms with Crippen molar-refractivity contribution in [1.82, 2.24) is 19.5 Å². The summed E-state index contributed by atoms with van der Waals surface area (Å²) in [6.45, 7) is 10.5. The number of aryl methyl sites for hydroxylation is 2. The van der Waals surface area contributed by atoms with Crippen molar-refractivity contribution in [1.29, 1.82) is 0 Å². The van der Waals surface area contributed by atoms with Crippen LogP contribution in [0.25, 0.3) is 33.8 Å². The molecular formula is C40H49N5O4S. The van der Waals surface area contributed by atoms with Gasteiger partial charge in [0.2, 0.25) is 0 Å². The largest absolute Gasteiger partial charge is 0.491 e. The first-order chi connectivity index (χ1) is 24.5. The van der Waals surface area contributed by atoms with E-state index in [0.29, 0.717) is 25.5 Å². The average Bonchev–Trinajstić information content (AvgIpc) is 3.70. The second kappa shape index (κ2) is 17.1.